The summed E-state index contributed by atoms with van der Waals surface area (Å²) in [6.45, 7) is 3.01. The van der Waals surface area contributed by atoms with E-state index in [1.807, 2.05) is 52.1 Å². The summed E-state index contributed by atoms with van der Waals surface area (Å²) in [4.78, 5) is 14.7. The van der Waals surface area contributed by atoms with E-state index in [1.165, 1.54) is 0 Å². The van der Waals surface area contributed by atoms with Crippen LogP contribution < -0.4 is 5.32 Å². The van der Waals surface area contributed by atoms with Gasteiger partial charge in [-0.3, -0.25) is 4.79 Å². The second-order valence-electron chi connectivity index (χ2n) is 7.06. The van der Waals surface area contributed by atoms with Crippen molar-refractivity contribution < 1.29 is 9.90 Å². The minimum absolute atomic E-state index is 0.140. The minimum Gasteiger partial charge on any atom is -0.387 e. The normalized spacial score (nSPS) is 16.3. The number of piperidine rings is 1. The van der Waals surface area contributed by atoms with Crippen molar-refractivity contribution in [3.05, 3.63) is 58.3 Å². The van der Waals surface area contributed by atoms with E-state index in [0.29, 0.717) is 25.4 Å². The Balaban J connectivity index is 1.61. The monoisotopic (exact) mass is 372 g/mol. The van der Waals surface area contributed by atoms with Crippen LogP contribution in [0.3, 0.4) is 0 Å². The summed E-state index contributed by atoms with van der Waals surface area (Å²) in [6.07, 6.45) is 3.19. The van der Waals surface area contributed by atoms with Gasteiger partial charge in [-0.15, -0.1) is 0 Å². The number of rotatable bonds is 8. The summed E-state index contributed by atoms with van der Waals surface area (Å²) in [7, 11) is 0. The van der Waals surface area contributed by atoms with E-state index in [1.54, 1.807) is 11.3 Å². The lowest BCUT2D eigenvalue weighted by Gasteiger charge is -2.27. The Morgan fingerprint density at radius 2 is 2.00 bits per heavy atom. The van der Waals surface area contributed by atoms with E-state index in [4.69, 9.17) is 0 Å². The smallest absolute Gasteiger partial charge is 0.222 e. The van der Waals surface area contributed by atoms with Gasteiger partial charge < -0.3 is 15.3 Å². The van der Waals surface area contributed by atoms with Crippen LogP contribution in [0.1, 0.15) is 42.9 Å². The largest absolute Gasteiger partial charge is 0.387 e. The number of hydrogen-bond donors (Lipinski definition) is 2. The molecule has 140 valence electrons. The van der Waals surface area contributed by atoms with Gasteiger partial charge in [0, 0.05) is 13.0 Å². The number of nitrogens with zero attached hydrogens (tertiary/aromatic N) is 1. The van der Waals surface area contributed by atoms with Crippen LogP contribution in [-0.4, -0.2) is 35.5 Å². The number of benzene rings is 1. The Morgan fingerprint density at radius 1 is 1.23 bits per heavy atom. The third-order valence-electron chi connectivity index (χ3n) is 5.12. The molecule has 1 amide bonds. The zero-order valence-electron chi connectivity index (χ0n) is 15.1. The number of aliphatic hydroxyl groups is 1. The molecular formula is C21H28N2O2S. The molecule has 0 aliphatic carbocycles. The fourth-order valence-electron chi connectivity index (χ4n) is 3.49. The van der Waals surface area contributed by atoms with Crippen LogP contribution in [-0.2, 0) is 11.3 Å². The van der Waals surface area contributed by atoms with Gasteiger partial charge >= 0.3 is 0 Å². The first-order chi connectivity index (χ1) is 12.7. The standard InChI is InChI=1S/C21H28N2O2S/c24-20(19-10-13-26-16-19)15-23(14-18-4-2-1-3-5-18)21(25)7-6-17-8-11-22-12-9-17/h1-5,10,13,16-17,20,22,24H,6-9,11-12,14-15H2. The maximum atomic E-state index is 12.9. The van der Waals surface area contributed by atoms with Gasteiger partial charge in [-0.25, -0.2) is 0 Å². The Morgan fingerprint density at radius 3 is 2.69 bits per heavy atom. The second-order valence-corrected chi connectivity index (χ2v) is 7.84. The molecule has 5 heteroatoms. The molecule has 4 nitrogen and oxygen atoms in total. The predicted octanol–water partition coefficient (Wildman–Crippen LogP) is 3.59. The maximum absolute atomic E-state index is 12.9. The third kappa shape index (κ3) is 5.66. The SMILES string of the molecule is O=C(CCC1CCNCC1)N(Cc1ccccc1)CC(O)c1ccsc1. The zero-order valence-corrected chi connectivity index (χ0v) is 16.0. The molecule has 1 aliphatic rings. The number of nitrogens with one attached hydrogen (secondary N) is 1. The van der Waals surface area contributed by atoms with Gasteiger partial charge in [-0.1, -0.05) is 30.3 Å². The summed E-state index contributed by atoms with van der Waals surface area (Å²) in [5.41, 5.74) is 1.99. The summed E-state index contributed by atoms with van der Waals surface area (Å²) in [5.74, 6) is 0.780. The van der Waals surface area contributed by atoms with Crippen molar-refractivity contribution >= 4 is 17.2 Å². The quantitative estimate of drug-likeness (QED) is 0.745. The lowest BCUT2D eigenvalue weighted by Crippen LogP contribution is -2.35. The molecule has 1 aromatic heterocycles. The molecule has 1 unspecified atom stereocenters. The van der Waals surface area contributed by atoms with Crippen molar-refractivity contribution in [2.45, 2.75) is 38.3 Å². The van der Waals surface area contributed by atoms with Gasteiger partial charge in [0.1, 0.15) is 0 Å². The number of amides is 1. The average molecular weight is 373 g/mol. The molecule has 2 heterocycles. The molecule has 2 N–H and O–H groups in total. The predicted molar refractivity (Wildman–Crippen MR) is 106 cm³/mol. The molecular weight excluding hydrogens is 344 g/mol. The van der Waals surface area contributed by atoms with Crippen LogP contribution in [0.4, 0.5) is 0 Å². The fraction of sp³-hybridized carbons (Fsp3) is 0.476. The van der Waals surface area contributed by atoms with Gasteiger partial charge in [-0.05, 0) is 66.2 Å². The lowest BCUT2D eigenvalue weighted by atomic mass is 9.93. The van der Waals surface area contributed by atoms with Crippen LogP contribution in [0.15, 0.2) is 47.2 Å². The highest BCUT2D eigenvalue weighted by Gasteiger charge is 2.21. The number of thiophene rings is 1. The third-order valence-corrected chi connectivity index (χ3v) is 5.82. The van der Waals surface area contributed by atoms with E-state index < -0.39 is 6.10 Å². The summed E-state index contributed by atoms with van der Waals surface area (Å²) < 4.78 is 0. The molecule has 3 rings (SSSR count). The van der Waals surface area contributed by atoms with Crippen molar-refractivity contribution in [1.29, 1.82) is 0 Å². The number of carbonyl (C=O) groups excluding carboxylic acids is 1. The molecule has 0 spiro atoms. The van der Waals surface area contributed by atoms with E-state index in [0.717, 1.165) is 43.5 Å². The molecule has 1 atom stereocenters. The van der Waals surface area contributed by atoms with Crippen molar-refractivity contribution in [3.8, 4) is 0 Å². The minimum atomic E-state index is -0.632. The topological polar surface area (TPSA) is 52.6 Å². The molecule has 0 saturated carbocycles. The van der Waals surface area contributed by atoms with Crippen molar-refractivity contribution in [3.63, 3.8) is 0 Å². The Bertz CT molecular complexity index is 654. The van der Waals surface area contributed by atoms with Crippen LogP contribution >= 0.6 is 11.3 Å². The first-order valence-electron chi connectivity index (χ1n) is 9.45. The molecule has 2 aromatic rings. The van der Waals surface area contributed by atoms with E-state index in [2.05, 4.69) is 5.32 Å². The van der Waals surface area contributed by atoms with E-state index in [9.17, 15) is 9.90 Å². The van der Waals surface area contributed by atoms with Crippen LogP contribution in [0, 0.1) is 5.92 Å². The maximum Gasteiger partial charge on any atom is 0.222 e. The van der Waals surface area contributed by atoms with Gasteiger partial charge in [0.2, 0.25) is 5.91 Å². The molecule has 1 aromatic carbocycles. The van der Waals surface area contributed by atoms with E-state index in [-0.39, 0.29) is 5.91 Å². The van der Waals surface area contributed by atoms with Crippen molar-refractivity contribution in [1.82, 2.24) is 10.2 Å². The molecule has 1 aliphatic heterocycles. The second kappa shape index (κ2) is 9.86. The Kier molecular flexibility index (Phi) is 7.23. The summed E-state index contributed by atoms with van der Waals surface area (Å²) >= 11 is 1.57. The molecule has 0 radical (unpaired) electrons. The lowest BCUT2D eigenvalue weighted by molar-refractivity contribution is -0.133. The fourth-order valence-corrected chi connectivity index (χ4v) is 4.20. The van der Waals surface area contributed by atoms with Gasteiger partial charge in [-0.2, -0.15) is 11.3 Å². The van der Waals surface area contributed by atoms with Crippen LogP contribution in [0.25, 0.3) is 0 Å². The van der Waals surface area contributed by atoms with Crippen LogP contribution in [0.2, 0.25) is 0 Å². The van der Waals surface area contributed by atoms with E-state index >= 15 is 0 Å². The Labute approximate surface area is 159 Å². The number of aliphatic hydroxyl groups excluding tert-OH is 1. The summed E-state index contributed by atoms with van der Waals surface area (Å²) in [5, 5.41) is 17.8. The Hall–Kier alpha value is -1.69. The molecule has 0 bridgehead atoms. The highest BCUT2D eigenvalue weighted by Crippen LogP contribution is 2.22. The van der Waals surface area contributed by atoms with Crippen molar-refractivity contribution in [2.24, 2.45) is 5.92 Å². The number of hydrogen-bond acceptors (Lipinski definition) is 4. The molecule has 1 saturated heterocycles. The highest BCUT2D eigenvalue weighted by molar-refractivity contribution is 7.07. The molecule has 1 fully saturated rings. The summed E-state index contributed by atoms with van der Waals surface area (Å²) in [6, 6.07) is 11.9. The van der Waals surface area contributed by atoms with Gasteiger partial charge in [0.15, 0.2) is 0 Å². The molecule has 26 heavy (non-hydrogen) atoms. The van der Waals surface area contributed by atoms with Crippen LogP contribution in [0.5, 0.6) is 0 Å². The van der Waals surface area contributed by atoms with Gasteiger partial charge in [0.05, 0.1) is 12.6 Å². The zero-order chi connectivity index (χ0) is 18.2. The average Bonchev–Trinajstić information content (AvgIpc) is 3.22. The number of carbonyl (C=O) groups is 1. The first-order valence-corrected chi connectivity index (χ1v) is 10.4. The first kappa shape index (κ1) is 19.1. The van der Waals surface area contributed by atoms with Gasteiger partial charge in [0.25, 0.3) is 0 Å². The highest BCUT2D eigenvalue weighted by atomic mass is 32.1. The van der Waals surface area contributed by atoms with Crippen molar-refractivity contribution in [2.75, 3.05) is 19.6 Å².